The molecule has 2 atom stereocenters. The Morgan fingerprint density at radius 2 is 1.89 bits per heavy atom. The van der Waals surface area contributed by atoms with Gasteiger partial charge in [-0.1, -0.05) is 24.6 Å². The number of nitrogens with one attached hydrogen (secondary N) is 1. The second-order valence-corrected chi connectivity index (χ2v) is 8.54. The molecule has 0 aliphatic carbocycles. The molecule has 6 nitrogen and oxygen atoms in total. The minimum atomic E-state index is -4.29. The van der Waals surface area contributed by atoms with Crippen LogP contribution < -0.4 is 9.46 Å². The minimum absolute atomic E-state index is 0.0327. The van der Waals surface area contributed by atoms with Crippen molar-refractivity contribution in [1.29, 1.82) is 0 Å². The van der Waals surface area contributed by atoms with E-state index in [-0.39, 0.29) is 21.2 Å². The van der Waals surface area contributed by atoms with Crippen LogP contribution in [0.5, 0.6) is 5.75 Å². The van der Waals surface area contributed by atoms with E-state index in [0.717, 1.165) is 5.56 Å². The molecule has 2 N–H and O–H groups in total. The molecule has 152 valence electrons. The standard InChI is InChI=1S/C19H21ClFNO5S/c1-10-5-7-14(21)17(11(10)2)12(3)18(19(23)24)22-28(25,26)16-8-6-13(20)9-15(16)27-4/h5-9,12,18,22H,1-4H3,(H,23,24)/t12-,18+/m1/s1. The van der Waals surface area contributed by atoms with Crippen molar-refractivity contribution in [3.8, 4) is 5.75 Å². The first kappa shape index (κ1) is 22.1. The average molecular weight is 430 g/mol. The number of halogens is 2. The lowest BCUT2D eigenvalue weighted by Crippen LogP contribution is -2.44. The third kappa shape index (κ3) is 4.45. The van der Waals surface area contributed by atoms with Gasteiger partial charge in [0.1, 0.15) is 22.5 Å². The van der Waals surface area contributed by atoms with E-state index in [9.17, 15) is 22.7 Å². The Labute approximate surface area is 168 Å². The molecule has 0 saturated heterocycles. The van der Waals surface area contributed by atoms with Gasteiger partial charge in [0.15, 0.2) is 0 Å². The summed E-state index contributed by atoms with van der Waals surface area (Å²) in [5.74, 6) is -3.02. The van der Waals surface area contributed by atoms with Gasteiger partial charge in [0, 0.05) is 17.0 Å². The smallest absolute Gasteiger partial charge is 0.322 e. The van der Waals surface area contributed by atoms with Gasteiger partial charge in [-0.05, 0) is 48.7 Å². The number of aryl methyl sites for hydroxylation is 1. The van der Waals surface area contributed by atoms with E-state index >= 15 is 0 Å². The number of sulfonamides is 1. The van der Waals surface area contributed by atoms with Gasteiger partial charge in [-0.2, -0.15) is 4.72 Å². The molecule has 0 bridgehead atoms. The molecule has 0 fully saturated rings. The summed E-state index contributed by atoms with van der Waals surface area (Å²) in [6.07, 6.45) is 0. The first-order chi connectivity index (χ1) is 13.0. The van der Waals surface area contributed by atoms with Gasteiger partial charge in [-0.25, -0.2) is 12.8 Å². The van der Waals surface area contributed by atoms with Crippen LogP contribution in [0.3, 0.4) is 0 Å². The van der Waals surface area contributed by atoms with Crippen LogP contribution in [0.4, 0.5) is 4.39 Å². The van der Waals surface area contributed by atoms with Crippen molar-refractivity contribution in [3.05, 3.63) is 57.9 Å². The summed E-state index contributed by atoms with van der Waals surface area (Å²) in [5, 5.41) is 9.90. The molecule has 0 saturated carbocycles. The first-order valence-corrected chi connectivity index (χ1v) is 10.2. The molecule has 0 spiro atoms. The maximum atomic E-state index is 14.4. The Balaban J connectivity index is 2.49. The van der Waals surface area contributed by atoms with Crippen molar-refractivity contribution in [2.45, 2.75) is 37.6 Å². The summed E-state index contributed by atoms with van der Waals surface area (Å²) < 4.78 is 47.3. The lowest BCUT2D eigenvalue weighted by molar-refractivity contribution is -0.139. The number of aliphatic carboxylic acids is 1. The Morgan fingerprint density at radius 1 is 1.25 bits per heavy atom. The SMILES string of the molecule is COc1cc(Cl)ccc1S(=O)(=O)N[C@H](C(=O)O)[C@H](C)c1c(F)ccc(C)c1C. The van der Waals surface area contributed by atoms with Gasteiger partial charge in [-0.15, -0.1) is 0 Å². The summed E-state index contributed by atoms with van der Waals surface area (Å²) in [5.41, 5.74) is 1.50. The summed E-state index contributed by atoms with van der Waals surface area (Å²) in [7, 11) is -3.02. The zero-order chi connectivity index (χ0) is 21.2. The number of benzene rings is 2. The Hall–Kier alpha value is -2.16. The molecule has 0 unspecified atom stereocenters. The molecule has 0 radical (unpaired) electrons. The van der Waals surface area contributed by atoms with E-state index in [0.29, 0.717) is 5.56 Å². The van der Waals surface area contributed by atoms with Gasteiger partial charge in [-0.3, -0.25) is 4.79 Å². The number of carboxylic acids is 1. The van der Waals surface area contributed by atoms with Crippen molar-refractivity contribution in [2.75, 3.05) is 7.11 Å². The fourth-order valence-electron chi connectivity index (χ4n) is 2.99. The number of rotatable bonds is 7. The monoisotopic (exact) mass is 429 g/mol. The summed E-state index contributed by atoms with van der Waals surface area (Å²) in [6.45, 7) is 4.90. The number of hydrogen-bond donors (Lipinski definition) is 2. The molecular weight excluding hydrogens is 409 g/mol. The molecule has 28 heavy (non-hydrogen) atoms. The molecular formula is C19H21ClFNO5S. The van der Waals surface area contributed by atoms with Crippen molar-refractivity contribution in [2.24, 2.45) is 0 Å². The van der Waals surface area contributed by atoms with Crippen molar-refractivity contribution in [1.82, 2.24) is 4.72 Å². The third-order valence-electron chi connectivity index (χ3n) is 4.65. The van der Waals surface area contributed by atoms with E-state index in [1.165, 1.54) is 38.3 Å². The molecule has 2 aromatic carbocycles. The van der Waals surface area contributed by atoms with Crippen molar-refractivity contribution in [3.63, 3.8) is 0 Å². The molecule has 0 amide bonds. The lowest BCUT2D eigenvalue weighted by Gasteiger charge is -2.24. The highest BCUT2D eigenvalue weighted by atomic mass is 35.5. The Morgan fingerprint density at radius 3 is 2.46 bits per heavy atom. The molecule has 9 heteroatoms. The van der Waals surface area contributed by atoms with Gasteiger partial charge in [0.05, 0.1) is 7.11 Å². The fourth-order valence-corrected chi connectivity index (χ4v) is 4.57. The predicted molar refractivity (Wildman–Crippen MR) is 104 cm³/mol. The second-order valence-electron chi connectivity index (χ2n) is 6.42. The summed E-state index contributed by atoms with van der Waals surface area (Å²) in [6, 6.07) is 5.09. The van der Waals surface area contributed by atoms with Crippen molar-refractivity contribution >= 4 is 27.6 Å². The number of carbonyl (C=O) groups is 1. The summed E-state index contributed by atoms with van der Waals surface area (Å²) in [4.78, 5) is 11.6. The van der Waals surface area contributed by atoms with Gasteiger partial charge in [0.2, 0.25) is 10.0 Å². The van der Waals surface area contributed by atoms with Crippen LogP contribution in [0.2, 0.25) is 5.02 Å². The van der Waals surface area contributed by atoms with Crippen molar-refractivity contribution < 1.29 is 27.4 Å². The summed E-state index contributed by atoms with van der Waals surface area (Å²) >= 11 is 5.85. The van der Waals surface area contributed by atoms with E-state index in [4.69, 9.17) is 16.3 Å². The highest BCUT2D eigenvalue weighted by Gasteiger charge is 2.34. The lowest BCUT2D eigenvalue weighted by atomic mass is 9.88. The van der Waals surface area contributed by atoms with Gasteiger partial charge >= 0.3 is 5.97 Å². The number of methoxy groups -OCH3 is 1. The molecule has 0 aliphatic heterocycles. The largest absolute Gasteiger partial charge is 0.495 e. The van der Waals surface area contributed by atoms with Crippen LogP contribution in [0.1, 0.15) is 29.5 Å². The second kappa shape index (κ2) is 8.46. The van der Waals surface area contributed by atoms with E-state index in [1.807, 2.05) is 0 Å². The quantitative estimate of drug-likeness (QED) is 0.701. The minimum Gasteiger partial charge on any atom is -0.495 e. The van der Waals surface area contributed by atoms with E-state index in [1.54, 1.807) is 19.9 Å². The number of carboxylic acid groups (broad SMARTS) is 1. The van der Waals surface area contributed by atoms with Gasteiger partial charge < -0.3 is 9.84 Å². The van der Waals surface area contributed by atoms with Crippen LogP contribution in [0.25, 0.3) is 0 Å². The maximum absolute atomic E-state index is 14.4. The van der Waals surface area contributed by atoms with Gasteiger partial charge in [0.25, 0.3) is 0 Å². The molecule has 0 aliphatic rings. The first-order valence-electron chi connectivity index (χ1n) is 8.34. The Kier molecular flexibility index (Phi) is 6.69. The number of ether oxygens (including phenoxy) is 1. The van der Waals surface area contributed by atoms with E-state index < -0.39 is 33.8 Å². The predicted octanol–water partition coefficient (Wildman–Crippen LogP) is 3.64. The average Bonchev–Trinajstić information content (AvgIpc) is 2.62. The maximum Gasteiger partial charge on any atom is 0.322 e. The number of hydrogen-bond acceptors (Lipinski definition) is 4. The Bertz CT molecular complexity index is 1010. The normalized spacial score (nSPS) is 13.8. The highest BCUT2D eigenvalue weighted by molar-refractivity contribution is 7.89. The van der Waals surface area contributed by atoms with Crippen LogP contribution in [0, 0.1) is 19.7 Å². The molecule has 0 aromatic heterocycles. The van der Waals surface area contributed by atoms with Crippen LogP contribution >= 0.6 is 11.6 Å². The van der Waals surface area contributed by atoms with Crippen LogP contribution in [0.15, 0.2) is 35.2 Å². The van der Waals surface area contributed by atoms with E-state index in [2.05, 4.69) is 4.72 Å². The fraction of sp³-hybridized carbons (Fsp3) is 0.316. The van der Waals surface area contributed by atoms with Crippen LogP contribution in [-0.2, 0) is 14.8 Å². The molecule has 2 rings (SSSR count). The zero-order valence-corrected chi connectivity index (χ0v) is 17.4. The van der Waals surface area contributed by atoms with Crippen LogP contribution in [-0.4, -0.2) is 32.6 Å². The topological polar surface area (TPSA) is 92.7 Å². The third-order valence-corrected chi connectivity index (χ3v) is 6.37. The highest BCUT2D eigenvalue weighted by Crippen LogP contribution is 2.31. The molecule has 2 aromatic rings. The molecule has 0 heterocycles. The zero-order valence-electron chi connectivity index (χ0n) is 15.8.